The monoisotopic (exact) mass is 783 g/mol. The molecule has 47 heavy (non-hydrogen) atoms. The number of methoxy groups -OCH3 is 2. The molecule has 0 spiro atoms. The number of rotatable bonds is 25. The predicted molar refractivity (Wildman–Crippen MR) is 185 cm³/mol. The van der Waals surface area contributed by atoms with Gasteiger partial charge in [0, 0.05) is 0 Å². The molecule has 0 aliphatic carbocycles. The van der Waals surface area contributed by atoms with Gasteiger partial charge in [-0.1, -0.05) is 90.0 Å². The summed E-state index contributed by atoms with van der Waals surface area (Å²) in [4.78, 5) is 13.1. The molecular formula is C34H58INO11. The van der Waals surface area contributed by atoms with E-state index in [1.165, 1.54) is 65.6 Å². The Balaban J connectivity index is 1.94. The van der Waals surface area contributed by atoms with E-state index in [0.717, 1.165) is 25.7 Å². The highest BCUT2D eigenvalue weighted by molar-refractivity contribution is 14.1. The quantitative estimate of drug-likeness (QED) is 0.0630. The maximum atomic E-state index is 13.1. The second-order valence-electron chi connectivity index (χ2n) is 12.4. The summed E-state index contributed by atoms with van der Waals surface area (Å²) < 4.78 is 27.1. The summed E-state index contributed by atoms with van der Waals surface area (Å²) in [6, 6.07) is 4.01. The minimum atomic E-state index is -1.52. The Labute approximate surface area is 294 Å². The molecule has 1 aliphatic rings. The van der Waals surface area contributed by atoms with E-state index in [0.29, 0.717) is 23.5 Å². The highest BCUT2D eigenvalue weighted by atomic mass is 127. The molecule has 272 valence electrons. The first-order valence-corrected chi connectivity index (χ1v) is 18.0. The zero-order valence-corrected chi connectivity index (χ0v) is 30.4. The molecule has 0 saturated carbocycles. The molecule has 1 aliphatic heterocycles. The van der Waals surface area contributed by atoms with E-state index >= 15 is 0 Å². The number of carbonyl (C=O) groups excluding carboxylic acids is 1. The van der Waals surface area contributed by atoms with Crippen molar-refractivity contribution < 1.29 is 52.3 Å². The van der Waals surface area contributed by atoms with Crippen LogP contribution in [0.3, 0.4) is 0 Å². The summed E-state index contributed by atoms with van der Waals surface area (Å²) in [5, 5.41) is 55.5. The Morgan fingerprint density at radius 1 is 0.915 bits per heavy atom. The van der Waals surface area contributed by atoms with Gasteiger partial charge in [0.05, 0.1) is 46.0 Å². The summed E-state index contributed by atoms with van der Waals surface area (Å²) >= 11 is 1.56. The second-order valence-corrected chi connectivity index (χ2v) is 12.9. The third-order valence-corrected chi connectivity index (χ3v) is 9.27. The van der Waals surface area contributed by atoms with Crippen molar-refractivity contribution in [2.24, 2.45) is 0 Å². The van der Waals surface area contributed by atoms with Crippen molar-refractivity contribution in [3.05, 3.63) is 23.8 Å². The number of hydrogen-bond donors (Lipinski definition) is 6. The molecule has 2 rings (SSSR count). The topological polar surface area (TPSA) is 176 Å². The number of amides is 1. The van der Waals surface area contributed by atoms with Crippen LogP contribution in [-0.2, 0) is 23.8 Å². The Hall–Kier alpha value is -1.30. The minimum Gasteiger partial charge on any atom is -0.493 e. The van der Waals surface area contributed by atoms with E-state index in [-0.39, 0.29) is 13.0 Å². The lowest BCUT2D eigenvalue weighted by atomic mass is 9.98. The zero-order valence-electron chi connectivity index (χ0n) is 28.2. The van der Waals surface area contributed by atoms with Gasteiger partial charge in [-0.3, -0.25) is 4.79 Å². The van der Waals surface area contributed by atoms with Crippen LogP contribution in [-0.4, -0.2) is 108 Å². The summed E-state index contributed by atoms with van der Waals surface area (Å²) in [5.41, 5.74) is 0.635. The van der Waals surface area contributed by atoms with Crippen LogP contribution in [0.2, 0.25) is 0 Å². The van der Waals surface area contributed by atoms with Gasteiger partial charge in [-0.05, 0) is 24.1 Å². The van der Waals surface area contributed by atoms with Crippen LogP contribution in [0.4, 0.5) is 0 Å². The molecular weight excluding hydrogens is 725 g/mol. The fourth-order valence-electron chi connectivity index (χ4n) is 5.79. The average molecular weight is 784 g/mol. The maximum Gasteiger partial charge on any atom is 0.224 e. The second kappa shape index (κ2) is 24.0. The highest BCUT2D eigenvalue weighted by Crippen LogP contribution is 2.28. The number of halogens is 1. The zero-order chi connectivity index (χ0) is 34.6. The number of nitrogens with one attached hydrogen (secondary N) is 1. The Morgan fingerprint density at radius 3 is 2.06 bits per heavy atom. The molecule has 6 N–H and O–H groups in total. The summed E-state index contributed by atoms with van der Waals surface area (Å²) in [6.45, 7) is 1.38. The SMILES string of the molecule is CCCCCCCCCCCCCC[C@@H](O)[C@@H](O)[C@H](COC1OC(CO)C(OI)C(O)C1O)NC(=O)Cc1ccc(OC)c(OC)c1. The van der Waals surface area contributed by atoms with Crippen molar-refractivity contribution in [3.8, 4) is 11.5 Å². The lowest BCUT2D eigenvalue weighted by molar-refractivity contribution is -0.296. The van der Waals surface area contributed by atoms with Crippen LogP contribution in [0.25, 0.3) is 0 Å². The predicted octanol–water partition coefficient (Wildman–Crippen LogP) is 3.73. The molecule has 1 amide bonds. The van der Waals surface area contributed by atoms with Gasteiger partial charge in [0.1, 0.15) is 53.5 Å². The third kappa shape index (κ3) is 14.6. The van der Waals surface area contributed by atoms with E-state index in [1.807, 2.05) is 0 Å². The van der Waals surface area contributed by atoms with Crippen LogP contribution < -0.4 is 14.8 Å². The first-order chi connectivity index (χ1) is 22.7. The summed E-state index contributed by atoms with van der Waals surface area (Å²) in [5.74, 6) is 0.535. The largest absolute Gasteiger partial charge is 0.493 e. The van der Waals surface area contributed by atoms with Gasteiger partial charge >= 0.3 is 0 Å². The van der Waals surface area contributed by atoms with Crippen molar-refractivity contribution in [3.63, 3.8) is 0 Å². The van der Waals surface area contributed by atoms with Crippen molar-refractivity contribution in [1.82, 2.24) is 5.32 Å². The number of benzene rings is 1. The van der Waals surface area contributed by atoms with Gasteiger partial charge in [-0.2, -0.15) is 0 Å². The van der Waals surface area contributed by atoms with Gasteiger partial charge in [-0.15, -0.1) is 0 Å². The standard InChI is InChI=1S/C34H58INO11/c1-4-5-6-7-8-9-10-11-12-13-14-15-16-25(38)30(40)24(22-45-34-32(42)31(41)33(47-35)28(21-37)46-34)36-29(39)20-23-17-18-26(43-2)27(19-23)44-3/h17-19,24-25,28,30-34,37-38,40-42H,4-16,20-22H2,1-3H3,(H,36,39)/t24-,25+,28?,30-,31?,32?,33?,34?/m0/s1. The first-order valence-electron chi connectivity index (χ1n) is 17.1. The number of aliphatic hydroxyl groups is 5. The molecule has 1 fully saturated rings. The van der Waals surface area contributed by atoms with Crippen LogP contribution in [0, 0.1) is 0 Å². The number of ether oxygens (including phenoxy) is 4. The van der Waals surface area contributed by atoms with Gasteiger partial charge < -0.3 is 52.9 Å². The molecule has 1 saturated heterocycles. The first kappa shape index (κ1) is 41.9. The molecule has 0 aromatic heterocycles. The number of hydrogen-bond acceptors (Lipinski definition) is 11. The normalized spacial score (nSPS) is 23.2. The lowest BCUT2D eigenvalue weighted by Gasteiger charge is -2.41. The Bertz CT molecular complexity index is 987. The van der Waals surface area contributed by atoms with Crippen LogP contribution in [0.15, 0.2) is 18.2 Å². The van der Waals surface area contributed by atoms with Gasteiger partial charge in [0.2, 0.25) is 5.91 Å². The fraction of sp³-hybridized carbons (Fsp3) is 0.794. The molecule has 0 bridgehead atoms. The number of unbranched alkanes of at least 4 members (excludes halogenated alkanes) is 11. The number of aliphatic hydroxyl groups excluding tert-OH is 5. The molecule has 1 aromatic rings. The smallest absolute Gasteiger partial charge is 0.224 e. The minimum absolute atomic E-state index is 0.0546. The fourth-order valence-corrected chi connectivity index (χ4v) is 6.42. The van der Waals surface area contributed by atoms with Crippen LogP contribution in [0.1, 0.15) is 96.0 Å². The Morgan fingerprint density at radius 2 is 1.51 bits per heavy atom. The van der Waals surface area contributed by atoms with Crippen LogP contribution in [0.5, 0.6) is 11.5 Å². The van der Waals surface area contributed by atoms with Crippen molar-refractivity contribution in [1.29, 1.82) is 0 Å². The van der Waals surface area contributed by atoms with E-state index in [2.05, 4.69) is 12.2 Å². The van der Waals surface area contributed by atoms with Gasteiger partial charge in [0.25, 0.3) is 0 Å². The molecule has 5 unspecified atom stereocenters. The van der Waals surface area contributed by atoms with Crippen molar-refractivity contribution in [2.75, 3.05) is 27.4 Å². The average Bonchev–Trinajstić information content (AvgIpc) is 3.07. The highest BCUT2D eigenvalue weighted by Gasteiger charge is 2.46. The van der Waals surface area contributed by atoms with E-state index in [4.69, 9.17) is 22.0 Å². The molecule has 0 radical (unpaired) electrons. The molecule has 12 nitrogen and oxygen atoms in total. The van der Waals surface area contributed by atoms with E-state index in [1.54, 1.807) is 41.2 Å². The van der Waals surface area contributed by atoms with E-state index in [9.17, 15) is 30.3 Å². The Kier molecular flexibility index (Phi) is 21.3. The van der Waals surface area contributed by atoms with Gasteiger partial charge in [-0.25, -0.2) is 0 Å². The lowest BCUT2D eigenvalue weighted by Crippen LogP contribution is -2.60. The maximum absolute atomic E-state index is 13.1. The molecule has 1 heterocycles. The molecule has 1 aromatic carbocycles. The number of carbonyl (C=O) groups is 1. The van der Waals surface area contributed by atoms with Crippen molar-refractivity contribution in [2.45, 2.75) is 146 Å². The van der Waals surface area contributed by atoms with E-state index < -0.39 is 61.5 Å². The van der Waals surface area contributed by atoms with Crippen molar-refractivity contribution >= 4 is 28.9 Å². The summed E-state index contributed by atoms with van der Waals surface area (Å²) in [7, 11) is 3.01. The summed E-state index contributed by atoms with van der Waals surface area (Å²) in [6.07, 6.45) is 5.60. The molecule has 8 atom stereocenters. The third-order valence-electron chi connectivity index (χ3n) is 8.68. The molecule has 13 heteroatoms. The van der Waals surface area contributed by atoms with Crippen LogP contribution >= 0.6 is 23.0 Å². The van der Waals surface area contributed by atoms with Gasteiger partial charge in [0.15, 0.2) is 17.8 Å².